The maximum absolute atomic E-state index is 12.1. The van der Waals surface area contributed by atoms with Crippen molar-refractivity contribution < 1.29 is 9.59 Å². The molecule has 0 aromatic carbocycles. The Hall–Kier alpha value is -1.14. The Kier molecular flexibility index (Phi) is 4.54. The summed E-state index contributed by atoms with van der Waals surface area (Å²) in [5.41, 5.74) is 0. The Labute approximate surface area is 108 Å². The van der Waals surface area contributed by atoms with Crippen molar-refractivity contribution in [1.29, 1.82) is 0 Å². The summed E-state index contributed by atoms with van der Waals surface area (Å²) in [6, 6.07) is -0.123. The van der Waals surface area contributed by atoms with Gasteiger partial charge in [-0.05, 0) is 19.4 Å². The second-order valence-electron chi connectivity index (χ2n) is 4.87. The predicted octanol–water partition coefficient (Wildman–Crippen LogP) is -1.37. The summed E-state index contributed by atoms with van der Waals surface area (Å²) in [5, 5.41) is 5.90. The number of amides is 2. The topological polar surface area (TPSA) is 64.7 Å². The number of piperazine rings is 1. The lowest BCUT2D eigenvalue weighted by Gasteiger charge is -2.30. The molecule has 2 amide bonds. The molecule has 0 bridgehead atoms. The molecule has 0 aromatic rings. The van der Waals surface area contributed by atoms with Gasteiger partial charge in [0, 0.05) is 33.2 Å². The van der Waals surface area contributed by atoms with Gasteiger partial charge in [-0.1, -0.05) is 0 Å². The molecule has 2 aliphatic rings. The lowest BCUT2D eigenvalue weighted by atomic mass is 10.2. The zero-order valence-corrected chi connectivity index (χ0v) is 10.9. The fraction of sp³-hybridized carbons (Fsp3) is 0.833. The summed E-state index contributed by atoms with van der Waals surface area (Å²) in [6.07, 6.45) is 1.85. The molecule has 2 heterocycles. The predicted molar refractivity (Wildman–Crippen MR) is 68.1 cm³/mol. The number of nitrogens with one attached hydrogen (secondary N) is 2. The third-order valence-electron chi connectivity index (χ3n) is 3.72. The quantitative estimate of drug-likeness (QED) is 0.652. The average Bonchev–Trinajstić information content (AvgIpc) is 2.87. The first-order chi connectivity index (χ1) is 8.72. The van der Waals surface area contributed by atoms with E-state index in [0.717, 1.165) is 45.6 Å². The Morgan fingerprint density at radius 3 is 2.67 bits per heavy atom. The Morgan fingerprint density at radius 1 is 1.28 bits per heavy atom. The van der Waals surface area contributed by atoms with Gasteiger partial charge in [-0.25, -0.2) is 0 Å². The lowest BCUT2D eigenvalue weighted by molar-refractivity contribution is -0.134. The van der Waals surface area contributed by atoms with Gasteiger partial charge >= 0.3 is 0 Å². The van der Waals surface area contributed by atoms with E-state index in [2.05, 4.69) is 10.6 Å². The van der Waals surface area contributed by atoms with Crippen molar-refractivity contribution in [2.45, 2.75) is 18.9 Å². The van der Waals surface area contributed by atoms with Crippen molar-refractivity contribution in [3.63, 3.8) is 0 Å². The number of carbonyl (C=O) groups excluding carboxylic acids is 2. The number of hydrogen-bond acceptors (Lipinski definition) is 4. The van der Waals surface area contributed by atoms with E-state index >= 15 is 0 Å². The SMILES string of the molecule is CNC(=O)C1CCCN1CC(=O)N1CCNCC1. The molecule has 0 saturated carbocycles. The summed E-state index contributed by atoms with van der Waals surface area (Å²) >= 11 is 0. The highest BCUT2D eigenvalue weighted by Crippen LogP contribution is 2.17. The largest absolute Gasteiger partial charge is 0.358 e. The van der Waals surface area contributed by atoms with E-state index in [9.17, 15) is 9.59 Å². The first-order valence-electron chi connectivity index (χ1n) is 6.66. The van der Waals surface area contributed by atoms with Gasteiger partial charge in [-0.2, -0.15) is 0 Å². The number of carbonyl (C=O) groups is 2. The van der Waals surface area contributed by atoms with Crippen LogP contribution in [0, 0.1) is 0 Å². The van der Waals surface area contributed by atoms with Crippen LogP contribution < -0.4 is 10.6 Å². The Bertz CT molecular complexity index is 315. The van der Waals surface area contributed by atoms with Crippen molar-refractivity contribution in [3.05, 3.63) is 0 Å². The fourth-order valence-electron chi connectivity index (χ4n) is 2.67. The molecular weight excluding hydrogens is 232 g/mol. The molecule has 18 heavy (non-hydrogen) atoms. The maximum atomic E-state index is 12.1. The van der Waals surface area contributed by atoms with Crippen molar-refractivity contribution in [2.75, 3.05) is 46.3 Å². The fourth-order valence-corrected chi connectivity index (χ4v) is 2.67. The minimum Gasteiger partial charge on any atom is -0.358 e. The summed E-state index contributed by atoms with van der Waals surface area (Å²) < 4.78 is 0. The number of nitrogens with zero attached hydrogens (tertiary/aromatic N) is 2. The van der Waals surface area contributed by atoms with E-state index < -0.39 is 0 Å². The van der Waals surface area contributed by atoms with Crippen LogP contribution in [0.15, 0.2) is 0 Å². The van der Waals surface area contributed by atoms with Crippen LogP contribution in [0.1, 0.15) is 12.8 Å². The molecule has 0 aromatic heterocycles. The summed E-state index contributed by atoms with van der Waals surface area (Å²) in [4.78, 5) is 27.7. The molecule has 1 atom stereocenters. The van der Waals surface area contributed by atoms with Gasteiger partial charge in [0.05, 0.1) is 12.6 Å². The van der Waals surface area contributed by atoms with Crippen LogP contribution >= 0.6 is 0 Å². The summed E-state index contributed by atoms with van der Waals surface area (Å²) in [6.45, 7) is 4.50. The van der Waals surface area contributed by atoms with Crippen LogP contribution in [-0.4, -0.2) is 74.0 Å². The van der Waals surface area contributed by atoms with Gasteiger partial charge in [0.25, 0.3) is 0 Å². The van der Waals surface area contributed by atoms with E-state index in [4.69, 9.17) is 0 Å². The molecular formula is C12H22N4O2. The third kappa shape index (κ3) is 3.00. The van der Waals surface area contributed by atoms with Crippen molar-refractivity contribution in [1.82, 2.24) is 20.4 Å². The third-order valence-corrected chi connectivity index (χ3v) is 3.72. The van der Waals surface area contributed by atoms with Crippen LogP contribution in [-0.2, 0) is 9.59 Å². The first-order valence-corrected chi connectivity index (χ1v) is 6.66. The highest BCUT2D eigenvalue weighted by Gasteiger charge is 2.32. The van der Waals surface area contributed by atoms with Gasteiger partial charge in [0.1, 0.15) is 0 Å². The van der Waals surface area contributed by atoms with Gasteiger partial charge in [-0.15, -0.1) is 0 Å². The van der Waals surface area contributed by atoms with Crippen LogP contribution in [0.5, 0.6) is 0 Å². The molecule has 0 radical (unpaired) electrons. The molecule has 0 aliphatic carbocycles. The number of likely N-dealkylation sites (tertiary alicyclic amines) is 1. The molecule has 0 spiro atoms. The highest BCUT2D eigenvalue weighted by molar-refractivity contribution is 5.83. The molecule has 6 heteroatoms. The van der Waals surface area contributed by atoms with Crippen LogP contribution in [0.25, 0.3) is 0 Å². The van der Waals surface area contributed by atoms with Crippen molar-refractivity contribution in [3.8, 4) is 0 Å². The maximum Gasteiger partial charge on any atom is 0.237 e. The second kappa shape index (κ2) is 6.15. The molecule has 2 rings (SSSR count). The normalized spacial score (nSPS) is 25.2. The monoisotopic (exact) mass is 254 g/mol. The van der Waals surface area contributed by atoms with Crippen LogP contribution in [0.3, 0.4) is 0 Å². The summed E-state index contributed by atoms with van der Waals surface area (Å²) in [5.74, 6) is 0.174. The molecule has 2 fully saturated rings. The summed E-state index contributed by atoms with van der Waals surface area (Å²) in [7, 11) is 1.65. The van der Waals surface area contributed by atoms with Crippen molar-refractivity contribution in [2.24, 2.45) is 0 Å². The number of likely N-dealkylation sites (N-methyl/N-ethyl adjacent to an activating group) is 1. The number of rotatable bonds is 3. The lowest BCUT2D eigenvalue weighted by Crippen LogP contribution is -2.51. The number of hydrogen-bond donors (Lipinski definition) is 2. The van der Waals surface area contributed by atoms with Gasteiger partial charge in [0.2, 0.25) is 11.8 Å². The van der Waals surface area contributed by atoms with E-state index in [1.165, 1.54) is 0 Å². The first kappa shape index (κ1) is 13.3. The van der Waals surface area contributed by atoms with Gasteiger partial charge in [-0.3, -0.25) is 14.5 Å². The van der Waals surface area contributed by atoms with Crippen molar-refractivity contribution >= 4 is 11.8 Å². The Balaban J connectivity index is 1.87. The van der Waals surface area contributed by atoms with E-state index in [0.29, 0.717) is 6.54 Å². The smallest absolute Gasteiger partial charge is 0.237 e. The minimum absolute atomic E-state index is 0.0283. The van der Waals surface area contributed by atoms with E-state index in [-0.39, 0.29) is 17.9 Å². The molecule has 1 unspecified atom stereocenters. The standard InChI is InChI=1S/C12H22N4O2/c1-13-12(18)10-3-2-6-16(10)9-11(17)15-7-4-14-5-8-15/h10,14H,2-9H2,1H3,(H,13,18). The van der Waals surface area contributed by atoms with Gasteiger partial charge < -0.3 is 15.5 Å². The average molecular weight is 254 g/mol. The Morgan fingerprint density at radius 2 is 2.00 bits per heavy atom. The zero-order chi connectivity index (χ0) is 13.0. The molecule has 2 aliphatic heterocycles. The molecule has 102 valence electrons. The molecule has 2 N–H and O–H groups in total. The zero-order valence-electron chi connectivity index (χ0n) is 10.9. The minimum atomic E-state index is -0.123. The molecule has 6 nitrogen and oxygen atoms in total. The van der Waals surface area contributed by atoms with Crippen LogP contribution in [0.4, 0.5) is 0 Å². The van der Waals surface area contributed by atoms with Crippen LogP contribution in [0.2, 0.25) is 0 Å². The van der Waals surface area contributed by atoms with E-state index in [1.807, 2.05) is 9.80 Å². The second-order valence-corrected chi connectivity index (χ2v) is 4.87. The highest BCUT2D eigenvalue weighted by atomic mass is 16.2. The van der Waals surface area contributed by atoms with E-state index in [1.54, 1.807) is 7.05 Å². The van der Waals surface area contributed by atoms with Gasteiger partial charge in [0.15, 0.2) is 0 Å². The molecule has 2 saturated heterocycles.